The summed E-state index contributed by atoms with van der Waals surface area (Å²) in [4.78, 5) is 4.97. The molecule has 0 saturated carbocycles. The van der Waals surface area contributed by atoms with Gasteiger partial charge in [-0.2, -0.15) is 0 Å². The Bertz CT molecular complexity index is 4610. The average molecular weight is 1030 g/mol. The molecule has 2 heteroatoms. The second-order valence-corrected chi connectivity index (χ2v) is 21.6. The lowest BCUT2D eigenvalue weighted by Gasteiger charge is -2.35. The van der Waals surface area contributed by atoms with E-state index in [2.05, 4.69) is 327 Å². The zero-order valence-corrected chi connectivity index (χ0v) is 45.3. The number of aryl methyl sites for hydroxylation is 2. The van der Waals surface area contributed by atoms with Crippen molar-refractivity contribution in [3.63, 3.8) is 0 Å². The van der Waals surface area contributed by atoms with Gasteiger partial charge in [0.2, 0.25) is 0 Å². The summed E-state index contributed by atoms with van der Waals surface area (Å²) in [6.07, 6.45) is 0. The van der Waals surface area contributed by atoms with Crippen LogP contribution in [0.15, 0.2) is 303 Å². The third kappa shape index (κ3) is 7.70. The van der Waals surface area contributed by atoms with Gasteiger partial charge in [-0.15, -0.1) is 0 Å². The van der Waals surface area contributed by atoms with Crippen molar-refractivity contribution in [1.82, 2.24) is 0 Å². The Balaban J connectivity index is 0.926. The van der Waals surface area contributed by atoms with Crippen LogP contribution in [0.4, 0.5) is 34.1 Å². The molecule has 0 bridgehead atoms. The fourth-order valence-corrected chi connectivity index (χ4v) is 13.6. The van der Waals surface area contributed by atoms with E-state index in [4.69, 9.17) is 0 Å². The van der Waals surface area contributed by atoms with Crippen molar-refractivity contribution in [1.29, 1.82) is 0 Å². The minimum absolute atomic E-state index is 0.541. The lowest BCUT2D eigenvalue weighted by atomic mass is 9.67. The van der Waals surface area contributed by atoms with E-state index in [0.717, 1.165) is 39.7 Å². The summed E-state index contributed by atoms with van der Waals surface area (Å²) in [5.41, 5.74) is 23.4. The lowest BCUT2D eigenvalue weighted by Crippen LogP contribution is -2.28. The SMILES string of the molecule is Cc1cc(N(c2ccccc2)c2cccc(-c3ccccc3-c3ccccc3-c3ccccc3)c2)c2ccc3c(C)cc(N(c4ccccc4)c4cccc(C5(c6ccccc6)c6ccccc6-c6ccccc65)c4)c4ccc1c2c34. The van der Waals surface area contributed by atoms with Crippen molar-refractivity contribution < 1.29 is 0 Å². The number of nitrogens with zero attached hydrogens (tertiary/aromatic N) is 2. The van der Waals surface area contributed by atoms with Gasteiger partial charge in [0, 0.05) is 33.5 Å². The topological polar surface area (TPSA) is 6.48 Å². The molecular weight excluding hydrogens is 977 g/mol. The number of para-hydroxylation sites is 2. The lowest BCUT2D eigenvalue weighted by molar-refractivity contribution is 0.768. The van der Waals surface area contributed by atoms with E-state index in [1.54, 1.807) is 0 Å². The molecular formula is C79H56N2. The maximum Gasteiger partial charge on any atom is 0.0714 e. The Morgan fingerprint density at radius 2 is 0.605 bits per heavy atom. The highest BCUT2D eigenvalue weighted by atomic mass is 15.2. The molecule has 0 saturated heterocycles. The van der Waals surface area contributed by atoms with Crippen LogP contribution in [-0.2, 0) is 5.41 Å². The van der Waals surface area contributed by atoms with Crippen molar-refractivity contribution in [3.05, 3.63) is 337 Å². The fraction of sp³-hybridized carbons (Fsp3) is 0.0380. The van der Waals surface area contributed by atoms with E-state index in [9.17, 15) is 0 Å². The maximum atomic E-state index is 2.50. The molecule has 0 radical (unpaired) electrons. The van der Waals surface area contributed by atoms with Crippen LogP contribution in [0.2, 0.25) is 0 Å². The van der Waals surface area contributed by atoms with Gasteiger partial charge in [0.1, 0.15) is 0 Å². The highest BCUT2D eigenvalue weighted by Gasteiger charge is 2.46. The third-order valence-corrected chi connectivity index (χ3v) is 17.1. The van der Waals surface area contributed by atoms with E-state index in [1.807, 2.05) is 0 Å². The van der Waals surface area contributed by atoms with Gasteiger partial charge in [-0.05, 0) is 174 Å². The summed E-state index contributed by atoms with van der Waals surface area (Å²) in [7, 11) is 0. The average Bonchev–Trinajstić information content (AvgIpc) is 2.75. The molecule has 0 N–H and O–H groups in total. The highest BCUT2D eigenvalue weighted by molar-refractivity contribution is 6.29. The summed E-state index contributed by atoms with van der Waals surface area (Å²) >= 11 is 0. The number of anilines is 6. The van der Waals surface area contributed by atoms with Gasteiger partial charge in [-0.1, -0.05) is 243 Å². The molecule has 0 spiro atoms. The molecule has 15 rings (SSSR count). The Morgan fingerprint density at radius 3 is 1.12 bits per heavy atom. The standard InChI is InChI=1S/C79H56N2/c1-53-49-75(80(59-31-11-5-12-32-59)61-35-23-27-56(51-61)66-38-16-18-40-68(66)67-39-17-15-37-65(67)55-25-7-3-8-26-55)71-47-45-64-54(2)50-76(72-48-46-63(53)77(71)78(64)72)81(60-33-13-6-14-34-60)62-36-24-30-58(52-62)79(57-28-9-4-10-29-57)73-43-21-19-41-69(73)70-42-20-22-44-74(70)79/h3-52H,1-2H3. The largest absolute Gasteiger partial charge is 0.310 e. The van der Waals surface area contributed by atoms with Crippen molar-refractivity contribution in [3.8, 4) is 44.5 Å². The monoisotopic (exact) mass is 1030 g/mol. The third-order valence-electron chi connectivity index (χ3n) is 17.1. The van der Waals surface area contributed by atoms with Gasteiger partial charge in [0.05, 0.1) is 16.8 Å². The normalized spacial score (nSPS) is 12.4. The van der Waals surface area contributed by atoms with E-state index in [1.165, 1.54) is 105 Å². The second-order valence-electron chi connectivity index (χ2n) is 21.6. The predicted octanol–water partition coefficient (Wildman–Crippen LogP) is 21.5. The summed E-state index contributed by atoms with van der Waals surface area (Å²) in [6.45, 7) is 4.57. The first kappa shape index (κ1) is 47.9. The summed E-state index contributed by atoms with van der Waals surface area (Å²) in [5.74, 6) is 0. The minimum Gasteiger partial charge on any atom is -0.310 e. The summed E-state index contributed by atoms with van der Waals surface area (Å²) < 4.78 is 0. The van der Waals surface area contributed by atoms with Gasteiger partial charge in [-0.25, -0.2) is 0 Å². The molecule has 1 aliphatic rings. The zero-order valence-electron chi connectivity index (χ0n) is 45.3. The second kappa shape index (κ2) is 19.6. The van der Waals surface area contributed by atoms with Crippen molar-refractivity contribution in [2.45, 2.75) is 19.3 Å². The van der Waals surface area contributed by atoms with Crippen LogP contribution in [0.25, 0.3) is 76.8 Å². The van der Waals surface area contributed by atoms with Gasteiger partial charge in [-0.3, -0.25) is 0 Å². The maximum absolute atomic E-state index is 2.50. The first-order chi connectivity index (χ1) is 40.0. The van der Waals surface area contributed by atoms with Crippen molar-refractivity contribution in [2.75, 3.05) is 9.80 Å². The quantitative estimate of drug-likeness (QED) is 0.119. The van der Waals surface area contributed by atoms with E-state index in [-0.39, 0.29) is 0 Å². The van der Waals surface area contributed by atoms with Gasteiger partial charge < -0.3 is 9.80 Å². The highest BCUT2D eigenvalue weighted by Crippen LogP contribution is 2.57. The number of benzene rings is 14. The molecule has 1 aliphatic carbocycles. The van der Waals surface area contributed by atoms with Gasteiger partial charge in [0.25, 0.3) is 0 Å². The van der Waals surface area contributed by atoms with E-state index >= 15 is 0 Å². The number of hydrogen-bond donors (Lipinski definition) is 0. The van der Waals surface area contributed by atoms with Crippen molar-refractivity contribution in [2.24, 2.45) is 0 Å². The number of hydrogen-bond acceptors (Lipinski definition) is 2. The molecule has 0 heterocycles. The number of fused-ring (bicyclic) bond motifs is 3. The summed E-state index contributed by atoms with van der Waals surface area (Å²) in [6, 6.07) is 112. The zero-order chi connectivity index (χ0) is 54.0. The molecule has 0 aromatic heterocycles. The van der Waals surface area contributed by atoms with Crippen LogP contribution >= 0.6 is 0 Å². The van der Waals surface area contributed by atoms with Gasteiger partial charge >= 0.3 is 0 Å². The Morgan fingerprint density at radius 1 is 0.247 bits per heavy atom. The molecule has 0 atom stereocenters. The summed E-state index contributed by atoms with van der Waals surface area (Å²) in [5, 5.41) is 7.46. The molecule has 14 aromatic carbocycles. The molecule has 0 unspecified atom stereocenters. The van der Waals surface area contributed by atoms with Crippen LogP contribution in [0.3, 0.4) is 0 Å². The van der Waals surface area contributed by atoms with Gasteiger partial charge in [0.15, 0.2) is 0 Å². The van der Waals surface area contributed by atoms with Crippen LogP contribution in [-0.4, -0.2) is 0 Å². The molecule has 2 nitrogen and oxygen atoms in total. The van der Waals surface area contributed by atoms with Crippen LogP contribution in [0, 0.1) is 13.8 Å². The van der Waals surface area contributed by atoms with Crippen LogP contribution in [0.1, 0.15) is 33.4 Å². The fourth-order valence-electron chi connectivity index (χ4n) is 13.6. The Hall–Kier alpha value is -10.3. The van der Waals surface area contributed by atoms with E-state index in [0.29, 0.717) is 0 Å². The minimum atomic E-state index is -0.541. The molecule has 0 aliphatic heterocycles. The Kier molecular flexibility index (Phi) is 11.6. The molecule has 382 valence electrons. The first-order valence-corrected chi connectivity index (χ1v) is 28.2. The predicted molar refractivity (Wildman–Crippen MR) is 343 cm³/mol. The Labute approximate surface area is 474 Å². The van der Waals surface area contributed by atoms with E-state index < -0.39 is 5.41 Å². The molecule has 0 fully saturated rings. The molecule has 81 heavy (non-hydrogen) atoms. The first-order valence-electron chi connectivity index (χ1n) is 28.2. The van der Waals surface area contributed by atoms with Crippen LogP contribution < -0.4 is 9.80 Å². The molecule has 14 aromatic rings. The van der Waals surface area contributed by atoms with Crippen molar-refractivity contribution >= 4 is 66.4 Å². The smallest absolute Gasteiger partial charge is 0.0714 e. The molecule has 0 amide bonds. The van der Waals surface area contributed by atoms with Crippen LogP contribution in [0.5, 0.6) is 0 Å². The number of rotatable bonds is 11.